The van der Waals surface area contributed by atoms with E-state index >= 15 is 0 Å². The lowest BCUT2D eigenvalue weighted by atomic mass is 9.96. The summed E-state index contributed by atoms with van der Waals surface area (Å²) in [5.74, 6) is -0.482. The summed E-state index contributed by atoms with van der Waals surface area (Å²) in [6.07, 6.45) is 4.62. The molecule has 0 aliphatic carbocycles. The van der Waals surface area contributed by atoms with Gasteiger partial charge in [-0.2, -0.15) is 0 Å². The zero-order valence-electron chi connectivity index (χ0n) is 11.4. The molecule has 1 saturated heterocycles. The Balaban J connectivity index is 1.82. The molecule has 0 bridgehead atoms. The highest BCUT2D eigenvalue weighted by atomic mass is 32.1. The van der Waals surface area contributed by atoms with Gasteiger partial charge in [-0.25, -0.2) is 0 Å². The third-order valence-electron chi connectivity index (χ3n) is 3.91. The standard InChI is InChI=1S/C14H16N4O2S/c15-11-9-1-4-17-7-10(9)21-12(11)14(20)18-5-2-8(3-6-18)13(16)19/h1,4,7-8H,2-3,5-6,15H2,(H2,16,19). The van der Waals surface area contributed by atoms with Crippen LogP contribution in [0.5, 0.6) is 0 Å². The maximum absolute atomic E-state index is 12.6. The van der Waals surface area contributed by atoms with E-state index in [1.54, 1.807) is 17.3 Å². The van der Waals surface area contributed by atoms with Crippen molar-refractivity contribution in [3.05, 3.63) is 23.3 Å². The molecule has 2 amide bonds. The molecule has 0 aromatic carbocycles. The summed E-state index contributed by atoms with van der Waals surface area (Å²) >= 11 is 1.36. The van der Waals surface area contributed by atoms with Crippen LogP contribution in [-0.4, -0.2) is 34.8 Å². The molecule has 1 aliphatic rings. The molecule has 4 N–H and O–H groups in total. The number of fused-ring (bicyclic) bond motifs is 1. The fourth-order valence-electron chi connectivity index (χ4n) is 2.64. The number of carbonyl (C=O) groups excluding carboxylic acids is 2. The minimum atomic E-state index is -0.283. The molecular weight excluding hydrogens is 288 g/mol. The summed E-state index contributed by atoms with van der Waals surface area (Å²) in [5, 5.41) is 0.866. The molecule has 2 aromatic rings. The molecule has 1 aliphatic heterocycles. The Morgan fingerprint density at radius 2 is 2.05 bits per heavy atom. The lowest BCUT2D eigenvalue weighted by Gasteiger charge is -2.30. The van der Waals surface area contributed by atoms with Gasteiger partial charge in [0.25, 0.3) is 5.91 Å². The van der Waals surface area contributed by atoms with E-state index in [1.165, 1.54) is 11.3 Å². The quantitative estimate of drug-likeness (QED) is 0.870. The Kier molecular flexibility index (Phi) is 3.50. The number of hydrogen-bond donors (Lipinski definition) is 2. The normalized spacial score (nSPS) is 16.3. The maximum atomic E-state index is 12.6. The van der Waals surface area contributed by atoms with Gasteiger partial charge in [0.2, 0.25) is 5.91 Å². The average Bonchev–Trinajstić information content (AvgIpc) is 2.84. The van der Waals surface area contributed by atoms with Gasteiger partial charge in [0, 0.05) is 36.8 Å². The number of nitrogens with zero attached hydrogens (tertiary/aromatic N) is 2. The number of likely N-dealkylation sites (tertiary alicyclic amines) is 1. The summed E-state index contributed by atoms with van der Waals surface area (Å²) < 4.78 is 0.908. The van der Waals surface area contributed by atoms with E-state index < -0.39 is 0 Å². The third kappa shape index (κ3) is 2.44. The molecule has 6 nitrogen and oxygen atoms in total. The van der Waals surface area contributed by atoms with Crippen LogP contribution >= 0.6 is 11.3 Å². The summed E-state index contributed by atoms with van der Waals surface area (Å²) in [7, 11) is 0. The number of piperidine rings is 1. The van der Waals surface area contributed by atoms with E-state index in [0.29, 0.717) is 36.5 Å². The van der Waals surface area contributed by atoms with Crippen LogP contribution < -0.4 is 11.5 Å². The summed E-state index contributed by atoms with van der Waals surface area (Å²) in [5.41, 5.74) is 11.9. The smallest absolute Gasteiger partial charge is 0.266 e. The maximum Gasteiger partial charge on any atom is 0.266 e. The predicted octanol–water partition coefficient (Wildman–Crippen LogP) is 1.22. The minimum absolute atomic E-state index is 0.0726. The molecule has 0 unspecified atom stereocenters. The van der Waals surface area contributed by atoms with Gasteiger partial charge in [0.15, 0.2) is 0 Å². The van der Waals surface area contributed by atoms with Gasteiger partial charge < -0.3 is 16.4 Å². The van der Waals surface area contributed by atoms with Crippen molar-refractivity contribution in [3.8, 4) is 0 Å². The summed E-state index contributed by atoms with van der Waals surface area (Å²) in [6, 6.07) is 1.82. The molecule has 0 spiro atoms. The number of pyridine rings is 1. The second-order valence-corrected chi connectivity index (χ2v) is 6.24. The Morgan fingerprint density at radius 3 is 2.67 bits per heavy atom. The minimum Gasteiger partial charge on any atom is -0.397 e. The molecule has 3 rings (SSSR count). The van der Waals surface area contributed by atoms with E-state index in [-0.39, 0.29) is 17.7 Å². The van der Waals surface area contributed by atoms with Gasteiger partial charge in [-0.05, 0) is 18.9 Å². The molecule has 0 atom stereocenters. The first-order chi connectivity index (χ1) is 10.1. The van der Waals surface area contributed by atoms with Crippen LogP contribution in [0.4, 0.5) is 5.69 Å². The summed E-state index contributed by atoms with van der Waals surface area (Å²) in [6.45, 7) is 1.08. The number of nitrogen functional groups attached to an aromatic ring is 1. The number of thiophene rings is 1. The van der Waals surface area contributed by atoms with E-state index in [4.69, 9.17) is 11.5 Å². The largest absolute Gasteiger partial charge is 0.397 e. The molecule has 1 fully saturated rings. The van der Waals surface area contributed by atoms with E-state index in [2.05, 4.69) is 4.98 Å². The van der Waals surface area contributed by atoms with Gasteiger partial charge in [-0.3, -0.25) is 14.6 Å². The average molecular weight is 304 g/mol. The fourth-order valence-corrected chi connectivity index (χ4v) is 3.70. The van der Waals surface area contributed by atoms with Crippen molar-refractivity contribution in [3.63, 3.8) is 0 Å². The van der Waals surface area contributed by atoms with Crippen molar-refractivity contribution in [1.82, 2.24) is 9.88 Å². The van der Waals surface area contributed by atoms with Crippen LogP contribution in [0.15, 0.2) is 18.5 Å². The van der Waals surface area contributed by atoms with E-state index in [1.807, 2.05) is 6.07 Å². The van der Waals surface area contributed by atoms with Crippen molar-refractivity contribution in [2.24, 2.45) is 11.7 Å². The number of hydrogen-bond acceptors (Lipinski definition) is 5. The molecule has 0 saturated carbocycles. The monoisotopic (exact) mass is 304 g/mol. The van der Waals surface area contributed by atoms with E-state index in [9.17, 15) is 9.59 Å². The van der Waals surface area contributed by atoms with Crippen LogP contribution in [0.25, 0.3) is 10.1 Å². The second kappa shape index (κ2) is 5.33. The highest BCUT2D eigenvalue weighted by Gasteiger charge is 2.28. The van der Waals surface area contributed by atoms with Crippen LogP contribution in [0.2, 0.25) is 0 Å². The summed E-state index contributed by atoms with van der Waals surface area (Å²) in [4.78, 5) is 30.1. The number of amides is 2. The Labute approximate surface area is 125 Å². The van der Waals surface area contributed by atoms with Crippen LogP contribution in [0.3, 0.4) is 0 Å². The molecule has 3 heterocycles. The van der Waals surface area contributed by atoms with Crippen LogP contribution in [-0.2, 0) is 4.79 Å². The SMILES string of the molecule is NC(=O)C1CCN(C(=O)c2sc3cnccc3c2N)CC1. The fraction of sp³-hybridized carbons (Fsp3) is 0.357. The number of aromatic nitrogens is 1. The molecule has 2 aromatic heterocycles. The van der Waals surface area contributed by atoms with Gasteiger partial charge in [-0.1, -0.05) is 0 Å². The van der Waals surface area contributed by atoms with E-state index in [0.717, 1.165) is 10.1 Å². The van der Waals surface area contributed by atoms with Crippen LogP contribution in [0, 0.1) is 5.92 Å². The second-order valence-electron chi connectivity index (χ2n) is 5.19. The van der Waals surface area contributed by atoms with Crippen molar-refractivity contribution >= 4 is 38.9 Å². The van der Waals surface area contributed by atoms with Gasteiger partial charge in [-0.15, -0.1) is 11.3 Å². The first-order valence-electron chi connectivity index (χ1n) is 6.78. The molecule has 0 radical (unpaired) electrons. The van der Waals surface area contributed by atoms with Gasteiger partial charge in [0.1, 0.15) is 4.88 Å². The highest BCUT2D eigenvalue weighted by molar-refractivity contribution is 7.21. The van der Waals surface area contributed by atoms with Gasteiger partial charge in [0.05, 0.1) is 10.4 Å². The number of nitrogens with two attached hydrogens (primary N) is 2. The Morgan fingerprint density at radius 1 is 1.33 bits per heavy atom. The number of anilines is 1. The van der Waals surface area contributed by atoms with Crippen molar-refractivity contribution in [2.45, 2.75) is 12.8 Å². The van der Waals surface area contributed by atoms with Crippen molar-refractivity contribution in [2.75, 3.05) is 18.8 Å². The topological polar surface area (TPSA) is 102 Å². The zero-order chi connectivity index (χ0) is 15.0. The first kappa shape index (κ1) is 13.8. The number of rotatable bonds is 2. The molecule has 7 heteroatoms. The molecule has 110 valence electrons. The first-order valence-corrected chi connectivity index (χ1v) is 7.60. The molecular formula is C14H16N4O2S. The predicted molar refractivity (Wildman–Crippen MR) is 81.9 cm³/mol. The zero-order valence-corrected chi connectivity index (χ0v) is 12.2. The number of primary amides is 1. The Bertz CT molecular complexity index is 704. The van der Waals surface area contributed by atoms with Crippen LogP contribution in [0.1, 0.15) is 22.5 Å². The van der Waals surface area contributed by atoms with Crippen molar-refractivity contribution in [1.29, 1.82) is 0 Å². The molecule has 21 heavy (non-hydrogen) atoms. The lowest BCUT2D eigenvalue weighted by molar-refractivity contribution is -0.123. The third-order valence-corrected chi connectivity index (χ3v) is 5.05. The highest BCUT2D eigenvalue weighted by Crippen LogP contribution is 2.34. The Hall–Kier alpha value is -2.15. The lowest BCUT2D eigenvalue weighted by Crippen LogP contribution is -2.41. The van der Waals surface area contributed by atoms with Gasteiger partial charge >= 0.3 is 0 Å². The number of carbonyl (C=O) groups is 2. The van der Waals surface area contributed by atoms with Crippen molar-refractivity contribution < 1.29 is 9.59 Å².